The van der Waals surface area contributed by atoms with Crippen molar-refractivity contribution in [1.29, 1.82) is 0 Å². The van der Waals surface area contributed by atoms with Crippen LogP contribution in [0.1, 0.15) is 70.6 Å². The van der Waals surface area contributed by atoms with Gasteiger partial charge in [0.05, 0.1) is 5.41 Å². The minimum Gasteiger partial charge on any atom is -0.481 e. The SMILES string of the molecule is O=C(O)C12CC3CC(C1)CC(C14CC5CC(CC(C5)C1)C4)(C3)C2(C(=O)O)C(=O)O. The van der Waals surface area contributed by atoms with E-state index in [0.717, 1.165) is 25.7 Å². The second-order valence-electron chi connectivity index (χ2n) is 11.8. The molecule has 0 aliphatic heterocycles. The highest BCUT2D eigenvalue weighted by atomic mass is 16.4. The lowest BCUT2D eigenvalue weighted by atomic mass is 9.25. The molecule has 3 N–H and O–H groups in total. The predicted molar refractivity (Wildman–Crippen MR) is 101 cm³/mol. The first-order valence-corrected chi connectivity index (χ1v) is 11.4. The van der Waals surface area contributed by atoms with Crippen molar-refractivity contribution in [2.24, 2.45) is 51.2 Å². The van der Waals surface area contributed by atoms with Crippen LogP contribution in [0, 0.1) is 51.2 Å². The summed E-state index contributed by atoms with van der Waals surface area (Å²) in [6, 6.07) is 0. The first-order chi connectivity index (χ1) is 13.7. The van der Waals surface area contributed by atoms with E-state index in [2.05, 4.69) is 0 Å². The van der Waals surface area contributed by atoms with Gasteiger partial charge in [0.1, 0.15) is 0 Å². The van der Waals surface area contributed by atoms with E-state index in [1.165, 1.54) is 19.3 Å². The van der Waals surface area contributed by atoms with Crippen LogP contribution in [0.15, 0.2) is 0 Å². The lowest BCUT2D eigenvalue weighted by Crippen LogP contribution is -2.78. The van der Waals surface area contributed by atoms with E-state index in [4.69, 9.17) is 0 Å². The van der Waals surface area contributed by atoms with E-state index in [-0.39, 0.29) is 30.1 Å². The number of carboxylic acids is 3. The van der Waals surface area contributed by atoms with Crippen molar-refractivity contribution in [2.75, 3.05) is 0 Å². The van der Waals surface area contributed by atoms with Crippen molar-refractivity contribution in [2.45, 2.75) is 70.6 Å². The Hall–Kier alpha value is -1.59. The predicted octanol–water partition coefficient (Wildman–Crippen LogP) is 3.64. The van der Waals surface area contributed by atoms with Crippen LogP contribution >= 0.6 is 0 Å². The summed E-state index contributed by atoms with van der Waals surface area (Å²) in [7, 11) is 0. The topological polar surface area (TPSA) is 112 Å². The van der Waals surface area contributed by atoms with E-state index >= 15 is 0 Å². The fourth-order valence-electron chi connectivity index (χ4n) is 10.9. The Bertz CT molecular complexity index is 764. The molecule has 0 aromatic carbocycles. The number of aliphatic carboxylic acids is 3. The van der Waals surface area contributed by atoms with E-state index in [9.17, 15) is 29.7 Å². The molecule has 0 heterocycles. The van der Waals surface area contributed by atoms with E-state index in [1.807, 2.05) is 0 Å². The van der Waals surface area contributed by atoms with Gasteiger partial charge in [-0.25, -0.2) is 0 Å². The number of hydrogen-bond acceptors (Lipinski definition) is 3. The summed E-state index contributed by atoms with van der Waals surface area (Å²) >= 11 is 0. The van der Waals surface area contributed by atoms with Gasteiger partial charge >= 0.3 is 17.9 Å². The molecule has 6 heteroatoms. The fourth-order valence-corrected chi connectivity index (χ4v) is 10.9. The van der Waals surface area contributed by atoms with Crippen LogP contribution in [0.3, 0.4) is 0 Å². The molecule has 2 atom stereocenters. The molecule has 8 fully saturated rings. The van der Waals surface area contributed by atoms with Gasteiger partial charge in [-0.3, -0.25) is 14.4 Å². The van der Waals surface area contributed by atoms with Crippen molar-refractivity contribution in [1.82, 2.24) is 0 Å². The van der Waals surface area contributed by atoms with Crippen molar-refractivity contribution in [3.63, 3.8) is 0 Å². The van der Waals surface area contributed by atoms with Gasteiger partial charge in [0, 0.05) is 5.41 Å². The smallest absolute Gasteiger partial charge is 0.322 e. The molecule has 0 amide bonds. The average Bonchev–Trinajstić information content (AvgIpc) is 2.59. The zero-order valence-corrected chi connectivity index (χ0v) is 16.7. The van der Waals surface area contributed by atoms with Gasteiger partial charge in [0.25, 0.3) is 0 Å². The minimum atomic E-state index is -2.20. The molecule has 29 heavy (non-hydrogen) atoms. The van der Waals surface area contributed by atoms with Crippen LogP contribution in [-0.2, 0) is 14.4 Å². The molecule has 8 aliphatic carbocycles. The van der Waals surface area contributed by atoms with Crippen LogP contribution in [-0.4, -0.2) is 33.2 Å². The molecule has 0 aromatic rings. The normalized spacial score (nSPS) is 53.2. The first kappa shape index (κ1) is 18.2. The van der Waals surface area contributed by atoms with Crippen LogP contribution in [0.2, 0.25) is 0 Å². The van der Waals surface area contributed by atoms with Gasteiger partial charge < -0.3 is 15.3 Å². The molecule has 8 bridgehead atoms. The van der Waals surface area contributed by atoms with Crippen LogP contribution in [0.25, 0.3) is 0 Å². The molecular weight excluding hydrogens is 372 g/mol. The van der Waals surface area contributed by atoms with Crippen LogP contribution in [0.5, 0.6) is 0 Å². The summed E-state index contributed by atoms with van der Waals surface area (Å²) in [5.41, 5.74) is -5.10. The molecule has 2 unspecified atom stereocenters. The maximum atomic E-state index is 13.0. The Kier molecular flexibility index (Phi) is 3.25. The lowest BCUT2D eigenvalue weighted by molar-refractivity contribution is -0.294. The molecule has 6 nitrogen and oxygen atoms in total. The maximum absolute atomic E-state index is 13.0. The van der Waals surface area contributed by atoms with E-state index < -0.39 is 34.2 Å². The quantitative estimate of drug-likeness (QED) is 0.619. The van der Waals surface area contributed by atoms with Crippen LogP contribution in [0.4, 0.5) is 0 Å². The first-order valence-electron chi connectivity index (χ1n) is 11.4. The monoisotopic (exact) mass is 402 g/mol. The summed E-state index contributed by atoms with van der Waals surface area (Å²) in [6.07, 6.45) is 8.89. The van der Waals surface area contributed by atoms with Gasteiger partial charge in [-0.1, -0.05) is 0 Å². The average molecular weight is 402 g/mol. The Morgan fingerprint density at radius 2 is 0.966 bits per heavy atom. The second kappa shape index (κ2) is 5.17. The highest BCUT2D eigenvalue weighted by Crippen LogP contribution is 2.82. The Morgan fingerprint density at radius 3 is 1.34 bits per heavy atom. The maximum Gasteiger partial charge on any atom is 0.322 e. The summed E-state index contributed by atoms with van der Waals surface area (Å²) < 4.78 is 0. The molecule has 8 rings (SSSR count). The molecule has 8 saturated carbocycles. The number of rotatable bonds is 4. The Morgan fingerprint density at radius 1 is 0.552 bits per heavy atom. The molecule has 0 spiro atoms. The molecule has 0 radical (unpaired) electrons. The zero-order chi connectivity index (χ0) is 20.4. The minimum absolute atomic E-state index is 0.151. The van der Waals surface area contributed by atoms with Crippen molar-refractivity contribution in [3.05, 3.63) is 0 Å². The molecule has 8 aliphatic rings. The third-order valence-corrected chi connectivity index (χ3v) is 10.8. The zero-order valence-electron chi connectivity index (χ0n) is 16.7. The van der Waals surface area contributed by atoms with Gasteiger partial charge in [-0.15, -0.1) is 0 Å². The molecule has 0 aromatic heterocycles. The standard InChI is InChI=1S/C23H30O6/c24-17(25)21-8-15-4-16(9-21)11-22(10-15,23(21,18(26)27)19(28)29)20-5-12-1-13(6-20)3-14(2-12)7-20/h12-16H,1-11H2,(H,24,25)(H,26,27)(H,28,29). The second-order valence-corrected chi connectivity index (χ2v) is 11.8. The van der Waals surface area contributed by atoms with Gasteiger partial charge in [0.2, 0.25) is 0 Å². The molecular formula is C23H30O6. The van der Waals surface area contributed by atoms with Crippen LogP contribution < -0.4 is 0 Å². The highest BCUT2D eigenvalue weighted by molar-refractivity contribution is 6.06. The molecule has 0 saturated heterocycles. The summed E-state index contributed by atoms with van der Waals surface area (Å²) in [6.45, 7) is 0. The Labute approximate surface area is 170 Å². The largest absolute Gasteiger partial charge is 0.481 e. The van der Waals surface area contributed by atoms with Gasteiger partial charge in [0.15, 0.2) is 5.41 Å². The third-order valence-electron chi connectivity index (χ3n) is 10.8. The third kappa shape index (κ3) is 1.77. The summed E-state index contributed by atoms with van der Waals surface area (Å²) in [5.74, 6) is -1.97. The van der Waals surface area contributed by atoms with Gasteiger partial charge in [-0.2, -0.15) is 0 Å². The number of carboxylic acid groups (broad SMARTS) is 3. The fraction of sp³-hybridized carbons (Fsp3) is 0.870. The summed E-state index contributed by atoms with van der Waals surface area (Å²) in [4.78, 5) is 38.8. The molecule has 158 valence electrons. The van der Waals surface area contributed by atoms with E-state index in [0.29, 0.717) is 30.6 Å². The van der Waals surface area contributed by atoms with E-state index in [1.54, 1.807) is 0 Å². The number of carbonyl (C=O) groups is 3. The van der Waals surface area contributed by atoms with Crippen molar-refractivity contribution < 1.29 is 29.7 Å². The number of hydrogen-bond donors (Lipinski definition) is 3. The Balaban J connectivity index is 1.64. The van der Waals surface area contributed by atoms with Crippen molar-refractivity contribution >= 4 is 17.9 Å². The highest BCUT2D eigenvalue weighted by Gasteiger charge is 2.85. The summed E-state index contributed by atoms with van der Waals surface area (Å²) in [5, 5.41) is 31.6. The van der Waals surface area contributed by atoms with Crippen molar-refractivity contribution in [3.8, 4) is 0 Å². The lowest BCUT2D eigenvalue weighted by Gasteiger charge is -2.75. The van der Waals surface area contributed by atoms with Gasteiger partial charge in [-0.05, 0) is 106 Å².